The lowest BCUT2D eigenvalue weighted by Crippen LogP contribution is -2.68. The van der Waals surface area contributed by atoms with Crippen LogP contribution in [0.15, 0.2) is 0 Å². The molecular formula is C25H55NO6Si3. The molecule has 0 aliphatic carbocycles. The molecular weight excluding hydrogens is 495 g/mol. The normalized spacial score (nSPS) is 26.2. The largest absolute Gasteiger partial charge is 0.479 e. The molecule has 0 aromatic carbocycles. The van der Waals surface area contributed by atoms with Crippen molar-refractivity contribution in [3.63, 3.8) is 0 Å². The Kier molecular flexibility index (Phi) is 13.9. The maximum Gasteiger partial charge on any atom is 0.335 e. The number of ether oxygens (including phenoxy) is 1. The maximum atomic E-state index is 12.6. The van der Waals surface area contributed by atoms with Crippen LogP contribution in [0.5, 0.6) is 0 Å². The third-order valence-corrected chi connectivity index (χ3v) is 23.0. The zero-order valence-corrected chi connectivity index (χ0v) is 27.0. The van der Waals surface area contributed by atoms with Gasteiger partial charge in [-0.15, -0.1) is 0 Å². The Hall–Kier alpha value is -0.0794. The molecule has 0 aromatic heterocycles. The molecule has 0 amide bonds. The smallest absolute Gasteiger partial charge is 0.335 e. The molecule has 7 nitrogen and oxygen atoms in total. The van der Waals surface area contributed by atoms with Gasteiger partial charge in [0.2, 0.25) is 0 Å². The molecule has 1 unspecified atom stereocenters. The van der Waals surface area contributed by atoms with Crippen LogP contribution < -0.4 is 5.73 Å². The Morgan fingerprint density at radius 3 is 1.26 bits per heavy atom. The molecule has 208 valence electrons. The summed E-state index contributed by atoms with van der Waals surface area (Å²) in [4.78, 5) is 12.6. The van der Waals surface area contributed by atoms with Crippen LogP contribution >= 0.6 is 0 Å². The van der Waals surface area contributed by atoms with Crippen LogP contribution in [0.1, 0.15) is 62.3 Å². The van der Waals surface area contributed by atoms with E-state index in [2.05, 4.69) is 62.3 Å². The second kappa shape index (κ2) is 14.8. The lowest BCUT2D eigenvalue weighted by Gasteiger charge is -2.52. The molecule has 3 N–H and O–H groups in total. The van der Waals surface area contributed by atoms with Gasteiger partial charge >= 0.3 is 5.97 Å². The fourth-order valence-corrected chi connectivity index (χ4v) is 14.1. The third kappa shape index (κ3) is 7.49. The van der Waals surface area contributed by atoms with Crippen molar-refractivity contribution in [2.45, 2.75) is 147 Å². The van der Waals surface area contributed by atoms with Crippen LogP contribution in [-0.2, 0) is 22.8 Å². The molecule has 0 spiro atoms. The van der Waals surface area contributed by atoms with Gasteiger partial charge in [0.1, 0.15) is 18.3 Å². The van der Waals surface area contributed by atoms with Gasteiger partial charge in [0, 0.05) is 6.54 Å². The maximum absolute atomic E-state index is 12.6. The highest BCUT2D eigenvalue weighted by molar-refractivity contribution is 6.74. The van der Waals surface area contributed by atoms with Gasteiger partial charge in [0.15, 0.2) is 31.1 Å². The van der Waals surface area contributed by atoms with Gasteiger partial charge in [-0.2, -0.15) is 0 Å². The summed E-state index contributed by atoms with van der Waals surface area (Å²) >= 11 is 0. The van der Waals surface area contributed by atoms with Crippen LogP contribution in [0.4, 0.5) is 0 Å². The van der Waals surface area contributed by atoms with E-state index in [4.69, 9.17) is 23.7 Å². The van der Waals surface area contributed by atoms with Crippen molar-refractivity contribution < 1.29 is 27.9 Å². The van der Waals surface area contributed by atoms with E-state index in [1.165, 1.54) is 0 Å². The van der Waals surface area contributed by atoms with Gasteiger partial charge in [-0.3, -0.25) is 0 Å². The molecule has 0 aromatic rings. The summed E-state index contributed by atoms with van der Waals surface area (Å²) in [6.45, 7) is 19.9. The number of nitrogens with two attached hydrogens (primary N) is 1. The quantitative estimate of drug-likeness (QED) is 0.216. The first kappa shape index (κ1) is 32.9. The highest BCUT2D eigenvalue weighted by Crippen LogP contribution is 2.39. The summed E-state index contributed by atoms with van der Waals surface area (Å²) in [5.74, 6) is -1.01. The second-order valence-corrected chi connectivity index (χ2v) is 24.3. The summed E-state index contributed by atoms with van der Waals surface area (Å²) in [6.07, 6.45) is -3.24. The van der Waals surface area contributed by atoms with Crippen molar-refractivity contribution in [1.82, 2.24) is 0 Å². The van der Waals surface area contributed by atoms with Gasteiger partial charge in [-0.05, 0) is 54.4 Å². The molecule has 1 rings (SSSR count). The van der Waals surface area contributed by atoms with E-state index in [0.717, 1.165) is 54.4 Å². The van der Waals surface area contributed by atoms with Gasteiger partial charge in [0.25, 0.3) is 0 Å². The van der Waals surface area contributed by atoms with E-state index >= 15 is 0 Å². The Balaban J connectivity index is 3.74. The molecule has 1 fully saturated rings. The Bertz CT molecular complexity index is 604. The van der Waals surface area contributed by atoms with Crippen LogP contribution in [0.2, 0.25) is 54.4 Å². The monoisotopic (exact) mass is 549 g/mol. The Labute approximate surface area is 218 Å². The number of rotatable bonds is 17. The van der Waals surface area contributed by atoms with Crippen LogP contribution in [-0.4, -0.2) is 73.1 Å². The summed E-state index contributed by atoms with van der Waals surface area (Å²) in [5, 5.41) is 10.3. The standard InChI is InChI=1S/C25H55NO6Si3/c1-10-33(11-2,12-3)30-21-20(19-26)29-24(25(27)28)23(32-35(16-7,17-8)18-9)22(21)31-34(13-4,14-5)15-6/h20-24H,10-19,26H2,1-9H3,(H,27,28)/t20-,21+,22+,23-,24?/m1/s1. The van der Waals surface area contributed by atoms with Crippen molar-refractivity contribution in [3.8, 4) is 0 Å². The zero-order chi connectivity index (χ0) is 26.9. The van der Waals surface area contributed by atoms with Crippen molar-refractivity contribution in [2.24, 2.45) is 5.73 Å². The topological polar surface area (TPSA) is 100 Å². The number of hydrogen-bond donors (Lipinski definition) is 2. The lowest BCUT2D eigenvalue weighted by molar-refractivity contribution is -0.215. The molecule has 1 aliphatic rings. The molecule has 1 saturated heterocycles. The number of carboxylic acid groups (broad SMARTS) is 1. The average molecular weight is 550 g/mol. The van der Waals surface area contributed by atoms with Crippen molar-refractivity contribution in [3.05, 3.63) is 0 Å². The van der Waals surface area contributed by atoms with Crippen LogP contribution in [0.25, 0.3) is 0 Å². The minimum absolute atomic E-state index is 0.194. The second-order valence-electron chi connectivity index (χ2n) is 10.1. The van der Waals surface area contributed by atoms with E-state index in [9.17, 15) is 9.90 Å². The van der Waals surface area contributed by atoms with Gasteiger partial charge in [0.05, 0.1) is 6.10 Å². The SMILES string of the molecule is CC[Si](CC)(CC)O[C@@H]1[C@H](O[Si](CC)(CC)CC)[C@@H](O[Si](CC)(CC)CC)C(C(=O)O)O[C@@H]1CN. The summed E-state index contributed by atoms with van der Waals surface area (Å²) in [5.41, 5.74) is 6.22. The van der Waals surface area contributed by atoms with E-state index < -0.39 is 61.4 Å². The first-order chi connectivity index (χ1) is 16.6. The number of aliphatic carboxylic acids is 1. The van der Waals surface area contributed by atoms with Gasteiger partial charge in [-0.1, -0.05) is 62.3 Å². The van der Waals surface area contributed by atoms with Crippen LogP contribution in [0.3, 0.4) is 0 Å². The van der Waals surface area contributed by atoms with Gasteiger partial charge < -0.3 is 28.9 Å². The summed E-state index contributed by atoms with van der Waals surface area (Å²) in [7, 11) is -6.36. The number of carbonyl (C=O) groups is 1. The van der Waals surface area contributed by atoms with E-state index in [-0.39, 0.29) is 6.54 Å². The van der Waals surface area contributed by atoms with Crippen LogP contribution in [0, 0.1) is 0 Å². The highest BCUT2D eigenvalue weighted by atomic mass is 28.4. The molecule has 10 heteroatoms. The molecule has 1 heterocycles. The van der Waals surface area contributed by atoms with E-state index in [0.29, 0.717) is 0 Å². The van der Waals surface area contributed by atoms with Crippen molar-refractivity contribution in [1.29, 1.82) is 0 Å². The lowest BCUT2D eigenvalue weighted by atomic mass is 9.95. The van der Waals surface area contributed by atoms with Gasteiger partial charge in [-0.25, -0.2) is 4.79 Å². The molecule has 1 aliphatic heterocycles. The van der Waals surface area contributed by atoms with E-state index in [1.54, 1.807) is 0 Å². The third-order valence-electron chi connectivity index (χ3n) is 9.07. The fourth-order valence-electron chi connectivity index (χ4n) is 5.57. The summed E-state index contributed by atoms with van der Waals surface area (Å²) < 4.78 is 27.4. The first-order valence-electron chi connectivity index (χ1n) is 14.2. The first-order valence-corrected chi connectivity index (χ1v) is 21.8. The minimum Gasteiger partial charge on any atom is -0.479 e. The minimum atomic E-state index is -2.17. The average Bonchev–Trinajstić information content (AvgIpc) is 2.90. The highest BCUT2D eigenvalue weighted by Gasteiger charge is 2.55. The Morgan fingerprint density at radius 2 is 0.971 bits per heavy atom. The molecule has 0 saturated carbocycles. The predicted octanol–water partition coefficient (Wildman–Crippen LogP) is 5.97. The summed E-state index contributed by atoms with van der Waals surface area (Å²) in [6, 6.07) is 8.66. The fraction of sp³-hybridized carbons (Fsp3) is 0.960. The molecule has 0 bridgehead atoms. The number of carboxylic acids is 1. The van der Waals surface area contributed by atoms with Crippen molar-refractivity contribution in [2.75, 3.05) is 6.54 Å². The number of hydrogen-bond acceptors (Lipinski definition) is 6. The molecule has 0 radical (unpaired) electrons. The zero-order valence-electron chi connectivity index (χ0n) is 24.0. The molecule has 35 heavy (non-hydrogen) atoms. The van der Waals surface area contributed by atoms with Crippen molar-refractivity contribution >= 4 is 30.9 Å². The Morgan fingerprint density at radius 1 is 0.657 bits per heavy atom. The predicted molar refractivity (Wildman–Crippen MR) is 152 cm³/mol. The molecule has 5 atom stereocenters. The van der Waals surface area contributed by atoms with E-state index in [1.807, 2.05) is 0 Å².